The number of amides is 1. The van der Waals surface area contributed by atoms with E-state index in [4.69, 9.17) is 0 Å². The largest absolute Gasteiger partial charge is 0.416 e. The highest BCUT2D eigenvalue weighted by Gasteiger charge is 2.43. The van der Waals surface area contributed by atoms with Crippen LogP contribution in [0.15, 0.2) is 42.7 Å². The van der Waals surface area contributed by atoms with Crippen LogP contribution < -0.4 is 0 Å². The smallest absolute Gasteiger partial charge is 0.338 e. The number of benzene rings is 1. The van der Waals surface area contributed by atoms with Crippen molar-refractivity contribution in [3.63, 3.8) is 0 Å². The Balaban J connectivity index is 1.52. The van der Waals surface area contributed by atoms with Gasteiger partial charge < -0.3 is 4.90 Å². The van der Waals surface area contributed by atoms with E-state index in [1.807, 2.05) is 12.1 Å². The highest BCUT2D eigenvalue weighted by molar-refractivity contribution is 5.94. The average Bonchev–Trinajstić information content (AvgIpc) is 3.13. The van der Waals surface area contributed by atoms with Crippen LogP contribution in [0.4, 0.5) is 26.3 Å². The van der Waals surface area contributed by atoms with Crippen LogP contribution in [0.1, 0.15) is 46.3 Å². The van der Waals surface area contributed by atoms with Crippen molar-refractivity contribution in [1.82, 2.24) is 14.8 Å². The molecule has 4 nitrogen and oxygen atoms in total. The van der Waals surface area contributed by atoms with E-state index in [1.165, 1.54) is 4.90 Å². The number of halogens is 6. The first-order valence-electron chi connectivity index (χ1n) is 10.7. The molecule has 0 aliphatic carbocycles. The molecule has 1 spiro atoms. The summed E-state index contributed by atoms with van der Waals surface area (Å²) in [6, 6.07) is 4.93. The van der Waals surface area contributed by atoms with E-state index in [-0.39, 0.29) is 11.5 Å². The Labute approximate surface area is 187 Å². The van der Waals surface area contributed by atoms with Crippen LogP contribution in [0.2, 0.25) is 0 Å². The molecular weight excluding hydrogens is 448 g/mol. The maximum atomic E-state index is 13.2. The molecule has 1 atom stereocenters. The van der Waals surface area contributed by atoms with Gasteiger partial charge in [0.15, 0.2) is 0 Å². The average molecular weight is 471 g/mol. The number of pyridine rings is 1. The zero-order valence-electron chi connectivity index (χ0n) is 17.7. The van der Waals surface area contributed by atoms with Crippen LogP contribution in [-0.4, -0.2) is 46.9 Å². The number of carbonyl (C=O) groups excluding carboxylic acids is 1. The van der Waals surface area contributed by atoms with Gasteiger partial charge in [0.1, 0.15) is 0 Å². The van der Waals surface area contributed by atoms with E-state index in [2.05, 4.69) is 9.88 Å². The number of alkyl halides is 6. The lowest BCUT2D eigenvalue weighted by Crippen LogP contribution is -2.47. The molecule has 2 aliphatic heterocycles. The molecule has 0 unspecified atom stereocenters. The second kappa shape index (κ2) is 8.62. The third kappa shape index (κ3) is 5.31. The number of carbonyl (C=O) groups is 1. The summed E-state index contributed by atoms with van der Waals surface area (Å²) in [6.45, 7) is 2.88. The van der Waals surface area contributed by atoms with Crippen molar-refractivity contribution in [2.24, 2.45) is 5.41 Å². The minimum atomic E-state index is -4.99. The Morgan fingerprint density at radius 2 is 1.55 bits per heavy atom. The van der Waals surface area contributed by atoms with Gasteiger partial charge in [-0.2, -0.15) is 26.3 Å². The van der Waals surface area contributed by atoms with E-state index < -0.39 is 35.0 Å². The Morgan fingerprint density at radius 3 is 2.15 bits per heavy atom. The summed E-state index contributed by atoms with van der Waals surface area (Å²) in [5.41, 5.74) is -2.64. The summed E-state index contributed by atoms with van der Waals surface area (Å²) in [5, 5.41) is 0. The van der Waals surface area contributed by atoms with Crippen LogP contribution in [0.25, 0.3) is 0 Å². The molecule has 2 aliphatic rings. The predicted molar refractivity (Wildman–Crippen MR) is 108 cm³/mol. The van der Waals surface area contributed by atoms with Gasteiger partial charge in [0.25, 0.3) is 5.91 Å². The number of likely N-dealkylation sites (tertiary alicyclic amines) is 2. The van der Waals surface area contributed by atoms with E-state index in [9.17, 15) is 31.1 Å². The molecule has 0 radical (unpaired) electrons. The van der Waals surface area contributed by atoms with Crippen LogP contribution in [0.3, 0.4) is 0 Å². The summed E-state index contributed by atoms with van der Waals surface area (Å²) in [5.74, 6) is -0.793. The lowest BCUT2D eigenvalue weighted by molar-refractivity contribution is -0.143. The normalized spacial score (nSPS) is 22.2. The van der Waals surface area contributed by atoms with Gasteiger partial charge in [0.2, 0.25) is 0 Å². The molecule has 33 heavy (non-hydrogen) atoms. The zero-order chi connectivity index (χ0) is 23.9. The minimum Gasteiger partial charge on any atom is -0.338 e. The van der Waals surface area contributed by atoms with Crippen molar-refractivity contribution in [3.05, 3.63) is 65.0 Å². The minimum absolute atomic E-state index is 0.0441. The molecule has 2 aromatic rings. The maximum Gasteiger partial charge on any atom is 0.416 e. The molecule has 10 heteroatoms. The van der Waals surface area contributed by atoms with Crippen molar-refractivity contribution >= 4 is 5.91 Å². The van der Waals surface area contributed by atoms with E-state index in [0.29, 0.717) is 31.6 Å². The van der Waals surface area contributed by atoms with Crippen LogP contribution in [0.5, 0.6) is 0 Å². The molecular formula is C23H23F6N3O. The first-order valence-corrected chi connectivity index (χ1v) is 10.7. The molecule has 0 bridgehead atoms. The first kappa shape index (κ1) is 23.5. The molecule has 0 N–H and O–H groups in total. The topological polar surface area (TPSA) is 36.4 Å². The Kier molecular flexibility index (Phi) is 6.15. The third-order valence-corrected chi connectivity index (χ3v) is 6.46. The summed E-state index contributed by atoms with van der Waals surface area (Å²) >= 11 is 0. The van der Waals surface area contributed by atoms with Crippen LogP contribution in [0, 0.1) is 5.41 Å². The SMILES string of the molecule is O=C(c1cc(C(F)(F)F)cc(C(F)(F)F)c1)N1CCC[C@@]2(CCN(Cc3ccncc3)C2)C1. The fourth-order valence-corrected chi connectivity index (χ4v) is 4.88. The summed E-state index contributed by atoms with van der Waals surface area (Å²) in [7, 11) is 0. The number of aromatic nitrogens is 1. The highest BCUT2D eigenvalue weighted by Crippen LogP contribution is 2.41. The van der Waals surface area contributed by atoms with Gasteiger partial charge >= 0.3 is 12.4 Å². The van der Waals surface area contributed by atoms with Gasteiger partial charge in [-0.15, -0.1) is 0 Å². The number of hydrogen-bond donors (Lipinski definition) is 0. The van der Waals surface area contributed by atoms with Crippen molar-refractivity contribution in [2.75, 3.05) is 26.2 Å². The van der Waals surface area contributed by atoms with Gasteiger partial charge in [-0.25, -0.2) is 0 Å². The van der Waals surface area contributed by atoms with Crippen molar-refractivity contribution < 1.29 is 31.1 Å². The Bertz CT molecular complexity index is 975. The first-order chi connectivity index (χ1) is 15.5. The number of piperidine rings is 1. The third-order valence-electron chi connectivity index (χ3n) is 6.46. The zero-order valence-corrected chi connectivity index (χ0v) is 17.7. The fourth-order valence-electron chi connectivity index (χ4n) is 4.88. The molecule has 2 saturated heterocycles. The molecule has 2 fully saturated rings. The monoisotopic (exact) mass is 471 g/mol. The molecule has 178 valence electrons. The lowest BCUT2D eigenvalue weighted by Gasteiger charge is -2.40. The van der Waals surface area contributed by atoms with Crippen molar-refractivity contribution in [3.8, 4) is 0 Å². The van der Waals surface area contributed by atoms with E-state index in [1.54, 1.807) is 12.4 Å². The Hall–Kier alpha value is -2.62. The van der Waals surface area contributed by atoms with Gasteiger partial charge in [-0.05, 0) is 61.7 Å². The lowest BCUT2D eigenvalue weighted by atomic mass is 9.79. The summed E-state index contributed by atoms with van der Waals surface area (Å²) in [4.78, 5) is 20.7. The second-order valence-electron chi connectivity index (χ2n) is 8.94. The summed E-state index contributed by atoms with van der Waals surface area (Å²) in [6.07, 6.45) is -4.21. The van der Waals surface area contributed by atoms with Crippen LogP contribution in [-0.2, 0) is 18.9 Å². The summed E-state index contributed by atoms with van der Waals surface area (Å²) < 4.78 is 79.2. The molecule has 1 aromatic heterocycles. The Morgan fingerprint density at radius 1 is 0.909 bits per heavy atom. The molecule has 1 amide bonds. The molecule has 0 saturated carbocycles. The highest BCUT2D eigenvalue weighted by atomic mass is 19.4. The predicted octanol–water partition coefficient (Wildman–Crippen LogP) is 5.25. The molecule has 1 aromatic carbocycles. The molecule has 3 heterocycles. The fraction of sp³-hybridized carbons (Fsp3) is 0.478. The van der Waals surface area contributed by atoms with Crippen LogP contribution >= 0.6 is 0 Å². The maximum absolute atomic E-state index is 13.2. The van der Waals surface area contributed by atoms with E-state index >= 15 is 0 Å². The number of hydrogen-bond acceptors (Lipinski definition) is 3. The molecule has 4 rings (SSSR count). The van der Waals surface area contributed by atoms with Gasteiger partial charge in [-0.1, -0.05) is 0 Å². The van der Waals surface area contributed by atoms with Crippen molar-refractivity contribution in [1.29, 1.82) is 0 Å². The van der Waals surface area contributed by atoms with Gasteiger partial charge in [0.05, 0.1) is 11.1 Å². The second-order valence-corrected chi connectivity index (χ2v) is 8.94. The number of rotatable bonds is 3. The quantitative estimate of drug-likeness (QED) is 0.574. The van der Waals surface area contributed by atoms with Gasteiger partial charge in [-0.3, -0.25) is 14.7 Å². The van der Waals surface area contributed by atoms with E-state index in [0.717, 1.165) is 38.0 Å². The number of nitrogens with zero attached hydrogens (tertiary/aromatic N) is 3. The standard InChI is InChI=1S/C23H23F6N3O/c24-22(25,26)18-10-17(11-19(12-18)23(27,28)29)20(33)32-8-1-4-21(15-32)5-9-31(14-21)13-16-2-6-30-7-3-16/h2-3,6-7,10-12H,1,4-5,8-9,13-15H2/t21-/m0/s1. The van der Waals surface area contributed by atoms with Gasteiger partial charge in [0, 0.05) is 49.6 Å². The van der Waals surface area contributed by atoms with Crippen molar-refractivity contribution in [2.45, 2.75) is 38.2 Å².